The number of hydrogen-bond donors (Lipinski definition) is 1. The number of carbonyl (C=O) groups is 2. The van der Waals surface area contributed by atoms with Gasteiger partial charge in [0.05, 0.1) is 7.11 Å². The van der Waals surface area contributed by atoms with E-state index in [9.17, 15) is 14.0 Å². The van der Waals surface area contributed by atoms with Crippen LogP contribution in [0.3, 0.4) is 0 Å². The molecule has 1 fully saturated rings. The predicted octanol–water partition coefficient (Wildman–Crippen LogP) is 5.37. The maximum absolute atomic E-state index is 13.4. The van der Waals surface area contributed by atoms with E-state index in [1.54, 1.807) is 25.3 Å². The van der Waals surface area contributed by atoms with Crippen LogP contribution in [0.1, 0.15) is 51.0 Å². The SMILES string of the molecule is CCCCCCCC(=O)N(CCN1CCN(C(=O)Nc2cccc(OC)c2)CC1)Cc1ccc(F)cc1. The van der Waals surface area contributed by atoms with Crippen LogP contribution in [0, 0.1) is 5.82 Å². The minimum atomic E-state index is -0.272. The molecule has 1 aliphatic rings. The summed E-state index contributed by atoms with van der Waals surface area (Å²) in [6.07, 6.45) is 6.07. The molecule has 2 aromatic rings. The van der Waals surface area contributed by atoms with Crippen molar-refractivity contribution in [3.8, 4) is 5.75 Å². The summed E-state index contributed by atoms with van der Waals surface area (Å²) in [5.74, 6) is 0.575. The number of amides is 3. The van der Waals surface area contributed by atoms with Crippen LogP contribution in [-0.4, -0.2) is 73.0 Å². The van der Waals surface area contributed by atoms with Crippen LogP contribution < -0.4 is 10.1 Å². The lowest BCUT2D eigenvalue weighted by atomic mass is 10.1. The number of hydrogen-bond acceptors (Lipinski definition) is 4. The van der Waals surface area contributed by atoms with Gasteiger partial charge >= 0.3 is 6.03 Å². The van der Waals surface area contributed by atoms with Gasteiger partial charge in [0.1, 0.15) is 11.6 Å². The Morgan fingerprint density at radius 1 is 1.00 bits per heavy atom. The number of anilines is 1. The van der Waals surface area contributed by atoms with Crippen LogP contribution in [0.15, 0.2) is 48.5 Å². The van der Waals surface area contributed by atoms with Crippen LogP contribution in [0.5, 0.6) is 5.75 Å². The molecule has 0 spiro atoms. The van der Waals surface area contributed by atoms with Gasteiger partial charge in [-0.15, -0.1) is 0 Å². The number of methoxy groups -OCH3 is 1. The lowest BCUT2D eigenvalue weighted by Gasteiger charge is -2.36. The van der Waals surface area contributed by atoms with E-state index in [4.69, 9.17) is 4.74 Å². The highest BCUT2D eigenvalue weighted by molar-refractivity contribution is 5.89. The average Bonchev–Trinajstić information content (AvgIpc) is 2.92. The van der Waals surface area contributed by atoms with E-state index in [1.165, 1.54) is 25.0 Å². The van der Waals surface area contributed by atoms with E-state index in [-0.39, 0.29) is 17.8 Å². The highest BCUT2D eigenvalue weighted by Gasteiger charge is 2.22. The van der Waals surface area contributed by atoms with Crippen LogP contribution in [-0.2, 0) is 11.3 Å². The monoisotopic (exact) mass is 512 g/mol. The molecule has 1 N–H and O–H groups in total. The Balaban J connectivity index is 1.48. The predicted molar refractivity (Wildman–Crippen MR) is 145 cm³/mol. The summed E-state index contributed by atoms with van der Waals surface area (Å²) in [4.78, 5) is 31.7. The Hall–Kier alpha value is -3.13. The van der Waals surface area contributed by atoms with Crippen molar-refractivity contribution in [2.45, 2.75) is 52.0 Å². The first-order chi connectivity index (χ1) is 18.0. The van der Waals surface area contributed by atoms with Gasteiger partial charge in [-0.3, -0.25) is 9.69 Å². The van der Waals surface area contributed by atoms with E-state index in [2.05, 4.69) is 17.1 Å². The molecule has 1 saturated heterocycles. The first-order valence-corrected chi connectivity index (χ1v) is 13.4. The minimum absolute atomic E-state index is 0.121. The number of halogens is 1. The van der Waals surface area contributed by atoms with Crippen molar-refractivity contribution in [1.82, 2.24) is 14.7 Å². The maximum Gasteiger partial charge on any atom is 0.321 e. The highest BCUT2D eigenvalue weighted by Crippen LogP contribution is 2.18. The molecular formula is C29H41FN4O3. The molecule has 0 radical (unpaired) electrons. The van der Waals surface area contributed by atoms with Crippen molar-refractivity contribution in [2.75, 3.05) is 51.7 Å². The second-order valence-electron chi connectivity index (χ2n) is 9.60. The summed E-state index contributed by atoms with van der Waals surface area (Å²) >= 11 is 0. The first-order valence-electron chi connectivity index (χ1n) is 13.4. The fourth-order valence-electron chi connectivity index (χ4n) is 4.48. The van der Waals surface area contributed by atoms with Crippen molar-refractivity contribution in [1.29, 1.82) is 0 Å². The summed E-state index contributed by atoms with van der Waals surface area (Å²) in [7, 11) is 1.60. The zero-order chi connectivity index (χ0) is 26.5. The molecule has 7 nitrogen and oxygen atoms in total. The topological polar surface area (TPSA) is 65.1 Å². The first kappa shape index (κ1) is 28.4. The molecule has 3 rings (SSSR count). The van der Waals surface area contributed by atoms with E-state index >= 15 is 0 Å². The molecule has 202 valence electrons. The average molecular weight is 513 g/mol. The molecule has 0 aliphatic carbocycles. The molecule has 0 aromatic heterocycles. The van der Waals surface area contributed by atoms with Gasteiger partial charge in [0.25, 0.3) is 0 Å². The van der Waals surface area contributed by atoms with Gasteiger partial charge in [-0.2, -0.15) is 0 Å². The molecule has 37 heavy (non-hydrogen) atoms. The molecule has 0 bridgehead atoms. The Morgan fingerprint density at radius 2 is 1.73 bits per heavy atom. The Bertz CT molecular complexity index is 977. The zero-order valence-corrected chi connectivity index (χ0v) is 22.3. The van der Waals surface area contributed by atoms with Gasteiger partial charge in [-0.25, -0.2) is 9.18 Å². The fourth-order valence-corrected chi connectivity index (χ4v) is 4.48. The number of rotatable bonds is 13. The second kappa shape index (κ2) is 15.2. The third kappa shape index (κ3) is 9.69. The van der Waals surface area contributed by atoms with Gasteiger partial charge in [-0.05, 0) is 36.2 Å². The number of piperazine rings is 1. The lowest BCUT2D eigenvalue weighted by molar-refractivity contribution is -0.132. The number of ether oxygens (including phenoxy) is 1. The van der Waals surface area contributed by atoms with Gasteiger partial charge < -0.3 is 19.9 Å². The third-order valence-electron chi connectivity index (χ3n) is 6.80. The van der Waals surface area contributed by atoms with Crippen LogP contribution in [0.25, 0.3) is 0 Å². The summed E-state index contributed by atoms with van der Waals surface area (Å²) in [5.41, 5.74) is 1.64. The molecule has 8 heteroatoms. The standard InChI is InChI=1S/C29H41FN4O3/c1-3-4-5-6-7-11-28(35)34(23-24-12-14-25(30)15-13-24)21-18-32-16-19-33(20-17-32)29(36)31-26-9-8-10-27(22-26)37-2/h8-10,12-15,22H,3-7,11,16-21,23H2,1-2H3,(H,31,36). The summed E-state index contributed by atoms with van der Waals surface area (Å²) < 4.78 is 18.6. The van der Waals surface area contributed by atoms with Crippen molar-refractivity contribution >= 4 is 17.6 Å². The molecule has 0 saturated carbocycles. The molecule has 2 aromatic carbocycles. The number of urea groups is 1. The summed E-state index contributed by atoms with van der Waals surface area (Å²) in [6.45, 7) is 6.77. The fraction of sp³-hybridized carbons (Fsp3) is 0.517. The van der Waals surface area contributed by atoms with Crippen molar-refractivity contribution in [2.24, 2.45) is 0 Å². The molecule has 1 heterocycles. The van der Waals surface area contributed by atoms with Crippen molar-refractivity contribution in [3.05, 3.63) is 59.9 Å². The highest BCUT2D eigenvalue weighted by atomic mass is 19.1. The lowest BCUT2D eigenvalue weighted by Crippen LogP contribution is -2.51. The largest absolute Gasteiger partial charge is 0.497 e. The number of carbonyl (C=O) groups excluding carboxylic acids is 2. The van der Waals surface area contributed by atoms with Crippen LogP contribution in [0.2, 0.25) is 0 Å². The van der Waals surface area contributed by atoms with E-state index in [0.717, 1.165) is 44.5 Å². The van der Waals surface area contributed by atoms with Gasteiger partial charge in [0.15, 0.2) is 0 Å². The number of unbranched alkanes of at least 4 members (excludes halogenated alkanes) is 4. The van der Waals surface area contributed by atoms with Crippen LogP contribution in [0.4, 0.5) is 14.9 Å². The Morgan fingerprint density at radius 3 is 2.43 bits per heavy atom. The molecule has 0 atom stereocenters. The quantitative estimate of drug-likeness (QED) is 0.366. The van der Waals surface area contributed by atoms with Gasteiger partial charge in [0.2, 0.25) is 5.91 Å². The van der Waals surface area contributed by atoms with Gasteiger partial charge in [-0.1, -0.05) is 50.8 Å². The Kier molecular flexibility index (Phi) is 11.7. The van der Waals surface area contributed by atoms with E-state index in [1.807, 2.05) is 28.0 Å². The molecule has 0 unspecified atom stereocenters. The van der Waals surface area contributed by atoms with Crippen molar-refractivity contribution < 1.29 is 18.7 Å². The second-order valence-corrected chi connectivity index (χ2v) is 9.60. The smallest absolute Gasteiger partial charge is 0.321 e. The van der Waals surface area contributed by atoms with Crippen LogP contribution >= 0.6 is 0 Å². The maximum atomic E-state index is 13.4. The Labute approximate surface area is 220 Å². The zero-order valence-electron chi connectivity index (χ0n) is 22.3. The van der Waals surface area contributed by atoms with E-state index in [0.29, 0.717) is 44.0 Å². The normalized spacial score (nSPS) is 13.9. The molecular weight excluding hydrogens is 471 g/mol. The molecule has 1 aliphatic heterocycles. The molecule has 3 amide bonds. The number of benzene rings is 2. The van der Waals surface area contributed by atoms with E-state index < -0.39 is 0 Å². The summed E-state index contributed by atoms with van der Waals surface area (Å²) in [5, 5.41) is 2.94. The van der Waals surface area contributed by atoms with Gasteiger partial charge in [0, 0.05) is 64.0 Å². The summed E-state index contributed by atoms with van der Waals surface area (Å²) in [6, 6.07) is 13.6. The number of nitrogens with one attached hydrogen (secondary N) is 1. The minimum Gasteiger partial charge on any atom is -0.497 e. The van der Waals surface area contributed by atoms with Crippen molar-refractivity contribution in [3.63, 3.8) is 0 Å². The third-order valence-corrected chi connectivity index (χ3v) is 6.80. The number of nitrogens with zero attached hydrogens (tertiary/aromatic N) is 3.